The molecule has 0 aromatic heterocycles. The van der Waals surface area contributed by atoms with Gasteiger partial charge in [0.05, 0.1) is 17.7 Å². The Morgan fingerprint density at radius 2 is 1.82 bits per heavy atom. The molecule has 0 aliphatic rings. The van der Waals surface area contributed by atoms with Crippen LogP contribution in [-0.2, 0) is 19.6 Å². The molecule has 0 saturated heterocycles. The highest BCUT2D eigenvalue weighted by Crippen LogP contribution is 2.27. The number of amides is 1. The first-order valence-electron chi connectivity index (χ1n) is 8.88. The lowest BCUT2D eigenvalue weighted by Crippen LogP contribution is -2.41. The molecule has 0 fully saturated rings. The van der Waals surface area contributed by atoms with E-state index in [0.717, 1.165) is 4.31 Å². The topological polar surface area (TPSA) is 84.9 Å². The molecular formula is C20H26N2O5S. The van der Waals surface area contributed by atoms with Gasteiger partial charge < -0.3 is 14.8 Å². The third-order valence-corrected chi connectivity index (χ3v) is 5.90. The molecule has 0 saturated carbocycles. The molecule has 0 spiro atoms. The van der Waals surface area contributed by atoms with Gasteiger partial charge in [-0.1, -0.05) is 18.2 Å². The maximum absolute atomic E-state index is 13.3. The standard InChI is InChI=1S/C20H26N2O5S/c1-16-14-18(10-11-19(16)27-3)28(24,25)22(17-8-5-4-6-9-17)15-20(23)21-12-7-13-26-2/h4-6,8-11,14H,7,12-13,15H2,1-3H3,(H,21,23). The normalized spacial score (nSPS) is 11.1. The van der Waals surface area contributed by atoms with Crippen LogP contribution in [0, 0.1) is 6.92 Å². The SMILES string of the molecule is COCCCNC(=O)CN(c1ccccc1)S(=O)(=O)c1ccc(OC)c(C)c1. The summed E-state index contributed by atoms with van der Waals surface area (Å²) < 4.78 is 37.8. The second-order valence-electron chi connectivity index (χ2n) is 6.17. The number of rotatable bonds is 10. The zero-order valence-corrected chi connectivity index (χ0v) is 17.2. The van der Waals surface area contributed by atoms with Crippen molar-refractivity contribution in [3.05, 3.63) is 54.1 Å². The zero-order valence-electron chi connectivity index (χ0n) is 16.3. The minimum Gasteiger partial charge on any atom is -0.496 e. The van der Waals surface area contributed by atoms with Crippen LogP contribution in [0.4, 0.5) is 5.69 Å². The highest BCUT2D eigenvalue weighted by Gasteiger charge is 2.27. The molecule has 152 valence electrons. The maximum Gasteiger partial charge on any atom is 0.264 e. The smallest absolute Gasteiger partial charge is 0.264 e. The van der Waals surface area contributed by atoms with E-state index in [2.05, 4.69) is 5.32 Å². The monoisotopic (exact) mass is 406 g/mol. The van der Waals surface area contributed by atoms with Crippen LogP contribution in [0.2, 0.25) is 0 Å². The van der Waals surface area contributed by atoms with Gasteiger partial charge in [-0.2, -0.15) is 0 Å². The van der Waals surface area contributed by atoms with E-state index in [1.165, 1.54) is 13.2 Å². The van der Waals surface area contributed by atoms with Crippen LogP contribution in [0.25, 0.3) is 0 Å². The minimum absolute atomic E-state index is 0.0989. The molecule has 0 heterocycles. The Morgan fingerprint density at radius 3 is 2.43 bits per heavy atom. The van der Waals surface area contributed by atoms with E-state index >= 15 is 0 Å². The number of sulfonamides is 1. The Kier molecular flexibility index (Phi) is 7.83. The molecule has 0 unspecified atom stereocenters. The first kappa shape index (κ1) is 21.7. The van der Waals surface area contributed by atoms with Gasteiger partial charge >= 0.3 is 0 Å². The molecule has 1 N–H and O–H groups in total. The Bertz CT molecular complexity index is 885. The van der Waals surface area contributed by atoms with Crippen molar-refractivity contribution in [1.29, 1.82) is 0 Å². The fraction of sp³-hybridized carbons (Fsp3) is 0.350. The molecule has 0 aliphatic heterocycles. The Labute approximate surface area is 166 Å². The van der Waals surface area contributed by atoms with Crippen molar-refractivity contribution in [1.82, 2.24) is 5.32 Å². The Balaban J connectivity index is 2.30. The average molecular weight is 407 g/mol. The summed E-state index contributed by atoms with van der Waals surface area (Å²) in [5.74, 6) is 0.217. The molecule has 0 aliphatic carbocycles. The summed E-state index contributed by atoms with van der Waals surface area (Å²) in [5.41, 5.74) is 1.11. The van der Waals surface area contributed by atoms with Gasteiger partial charge in [0.2, 0.25) is 5.91 Å². The van der Waals surface area contributed by atoms with Crippen LogP contribution in [0.15, 0.2) is 53.4 Å². The summed E-state index contributed by atoms with van der Waals surface area (Å²) in [5, 5.41) is 2.73. The van der Waals surface area contributed by atoms with Crippen molar-refractivity contribution < 1.29 is 22.7 Å². The number of nitrogens with one attached hydrogen (secondary N) is 1. The molecule has 1 amide bonds. The second-order valence-corrected chi connectivity index (χ2v) is 8.04. The first-order chi connectivity index (χ1) is 13.4. The zero-order chi connectivity index (χ0) is 20.6. The number of aryl methyl sites for hydroxylation is 1. The molecule has 2 aromatic rings. The summed E-state index contributed by atoms with van der Waals surface area (Å²) in [7, 11) is -0.826. The third-order valence-electron chi connectivity index (χ3n) is 4.13. The number of hydrogen-bond acceptors (Lipinski definition) is 5. The lowest BCUT2D eigenvalue weighted by Gasteiger charge is -2.24. The molecule has 0 atom stereocenters. The Morgan fingerprint density at radius 1 is 1.11 bits per heavy atom. The Hall–Kier alpha value is -2.58. The van der Waals surface area contributed by atoms with Crippen LogP contribution in [0.1, 0.15) is 12.0 Å². The number of carbonyl (C=O) groups excluding carboxylic acids is 1. The maximum atomic E-state index is 13.3. The van der Waals surface area contributed by atoms with Crippen molar-refractivity contribution in [3.8, 4) is 5.75 Å². The lowest BCUT2D eigenvalue weighted by atomic mass is 10.2. The summed E-state index contributed by atoms with van der Waals surface area (Å²) in [6.07, 6.45) is 0.651. The predicted octanol–water partition coefficient (Wildman–Crippen LogP) is 2.35. The van der Waals surface area contributed by atoms with Crippen LogP contribution in [0.5, 0.6) is 5.75 Å². The highest BCUT2D eigenvalue weighted by atomic mass is 32.2. The van der Waals surface area contributed by atoms with Crippen molar-refractivity contribution in [3.63, 3.8) is 0 Å². The number of para-hydroxylation sites is 1. The van der Waals surface area contributed by atoms with Gasteiger partial charge in [0.15, 0.2) is 0 Å². The van der Waals surface area contributed by atoms with E-state index in [0.29, 0.717) is 36.6 Å². The third kappa shape index (κ3) is 5.46. The van der Waals surface area contributed by atoms with E-state index in [1.807, 2.05) is 0 Å². The van der Waals surface area contributed by atoms with Crippen LogP contribution < -0.4 is 14.4 Å². The van der Waals surface area contributed by atoms with Gasteiger partial charge in [0.25, 0.3) is 10.0 Å². The number of anilines is 1. The van der Waals surface area contributed by atoms with Gasteiger partial charge in [0.1, 0.15) is 12.3 Å². The summed E-state index contributed by atoms with van der Waals surface area (Å²) >= 11 is 0. The number of methoxy groups -OCH3 is 2. The minimum atomic E-state index is -3.94. The number of hydrogen-bond donors (Lipinski definition) is 1. The predicted molar refractivity (Wildman–Crippen MR) is 108 cm³/mol. The summed E-state index contributed by atoms with van der Waals surface area (Å²) in [6, 6.07) is 13.2. The van der Waals surface area contributed by atoms with Gasteiger partial charge in [-0.15, -0.1) is 0 Å². The molecule has 28 heavy (non-hydrogen) atoms. The summed E-state index contributed by atoms with van der Waals surface area (Å²) in [6.45, 7) is 2.39. The molecule has 2 aromatic carbocycles. The van der Waals surface area contributed by atoms with E-state index in [9.17, 15) is 13.2 Å². The fourth-order valence-electron chi connectivity index (χ4n) is 2.68. The largest absolute Gasteiger partial charge is 0.496 e. The highest BCUT2D eigenvalue weighted by molar-refractivity contribution is 7.92. The molecule has 8 heteroatoms. The van der Waals surface area contributed by atoms with Gasteiger partial charge in [-0.3, -0.25) is 9.10 Å². The fourth-order valence-corrected chi connectivity index (χ4v) is 4.19. The average Bonchev–Trinajstić information content (AvgIpc) is 2.70. The number of nitrogens with zero attached hydrogens (tertiary/aromatic N) is 1. The number of carbonyl (C=O) groups is 1. The van der Waals surface area contributed by atoms with Crippen molar-refractivity contribution in [2.75, 3.05) is 38.2 Å². The second kappa shape index (κ2) is 10.1. The summed E-state index contributed by atoms with van der Waals surface area (Å²) in [4.78, 5) is 12.5. The lowest BCUT2D eigenvalue weighted by molar-refractivity contribution is -0.119. The molecule has 0 bridgehead atoms. The van der Waals surface area contributed by atoms with Crippen molar-refractivity contribution in [2.24, 2.45) is 0 Å². The van der Waals surface area contributed by atoms with E-state index < -0.39 is 10.0 Å². The van der Waals surface area contributed by atoms with Crippen LogP contribution in [-0.4, -0.2) is 48.2 Å². The van der Waals surface area contributed by atoms with E-state index in [-0.39, 0.29) is 17.3 Å². The van der Waals surface area contributed by atoms with Crippen molar-refractivity contribution >= 4 is 21.6 Å². The molecule has 0 radical (unpaired) electrons. The van der Waals surface area contributed by atoms with Crippen LogP contribution >= 0.6 is 0 Å². The first-order valence-corrected chi connectivity index (χ1v) is 10.3. The molecule has 7 nitrogen and oxygen atoms in total. The number of benzene rings is 2. The van der Waals surface area contributed by atoms with Gasteiger partial charge in [0, 0.05) is 20.3 Å². The number of ether oxygens (including phenoxy) is 2. The molecule has 2 rings (SSSR count). The van der Waals surface area contributed by atoms with Crippen LogP contribution in [0.3, 0.4) is 0 Å². The van der Waals surface area contributed by atoms with E-state index in [1.54, 1.807) is 56.5 Å². The van der Waals surface area contributed by atoms with Gasteiger partial charge in [-0.25, -0.2) is 8.42 Å². The van der Waals surface area contributed by atoms with Crippen molar-refractivity contribution in [2.45, 2.75) is 18.2 Å². The van der Waals surface area contributed by atoms with Gasteiger partial charge in [-0.05, 0) is 49.2 Å². The molecular weight excluding hydrogens is 380 g/mol. The van der Waals surface area contributed by atoms with E-state index in [4.69, 9.17) is 9.47 Å². The quantitative estimate of drug-likeness (QED) is 0.612.